The number of nitrogens with zero attached hydrogens (tertiary/aromatic N) is 3. The Labute approximate surface area is 218 Å². The summed E-state index contributed by atoms with van der Waals surface area (Å²) >= 11 is 0. The monoisotopic (exact) mass is 506 g/mol. The van der Waals surface area contributed by atoms with Crippen molar-refractivity contribution >= 4 is 16.8 Å². The lowest BCUT2D eigenvalue weighted by Crippen LogP contribution is -2.35. The molecule has 8 nitrogen and oxygen atoms in total. The van der Waals surface area contributed by atoms with Crippen LogP contribution in [0.1, 0.15) is 58.9 Å². The maximum Gasteiger partial charge on any atom is 0.281 e. The minimum absolute atomic E-state index is 0.335. The minimum atomic E-state index is -0.395. The van der Waals surface area contributed by atoms with Crippen LogP contribution in [0.4, 0.5) is 0 Å². The molecular formula is C29H38N4O4. The number of ether oxygens (including phenoxy) is 2. The summed E-state index contributed by atoms with van der Waals surface area (Å²) in [6.07, 6.45) is 4.78. The first-order valence-electron chi connectivity index (χ1n) is 13.1. The van der Waals surface area contributed by atoms with E-state index in [0.717, 1.165) is 31.6 Å². The van der Waals surface area contributed by atoms with Gasteiger partial charge in [-0.1, -0.05) is 39.3 Å². The van der Waals surface area contributed by atoms with Gasteiger partial charge in [0.25, 0.3) is 5.56 Å². The van der Waals surface area contributed by atoms with Crippen LogP contribution in [0.2, 0.25) is 0 Å². The van der Waals surface area contributed by atoms with Crippen LogP contribution >= 0.6 is 0 Å². The number of nitrogens with one attached hydrogen (secondary N) is 1. The summed E-state index contributed by atoms with van der Waals surface area (Å²) < 4.78 is 12.9. The van der Waals surface area contributed by atoms with Crippen molar-refractivity contribution in [2.45, 2.75) is 58.8 Å². The van der Waals surface area contributed by atoms with E-state index in [1.165, 1.54) is 30.9 Å². The number of likely N-dealkylation sites (tertiary alicyclic amines) is 1. The van der Waals surface area contributed by atoms with Gasteiger partial charge in [0.15, 0.2) is 5.82 Å². The lowest BCUT2D eigenvalue weighted by molar-refractivity contribution is -0.115. The van der Waals surface area contributed by atoms with Crippen molar-refractivity contribution in [2.75, 3.05) is 38.8 Å². The molecule has 0 atom stereocenters. The molecule has 3 aromatic rings. The molecule has 1 saturated heterocycles. The van der Waals surface area contributed by atoms with E-state index < -0.39 is 5.41 Å². The van der Waals surface area contributed by atoms with Gasteiger partial charge in [0.05, 0.1) is 24.6 Å². The fourth-order valence-corrected chi connectivity index (χ4v) is 4.99. The average Bonchev–Trinajstić information content (AvgIpc) is 2.87. The number of benzene rings is 2. The zero-order valence-corrected chi connectivity index (χ0v) is 22.6. The number of methoxy groups -OCH3 is 1. The van der Waals surface area contributed by atoms with Crippen molar-refractivity contribution in [3.8, 4) is 22.9 Å². The van der Waals surface area contributed by atoms with Gasteiger partial charge in [-0.3, -0.25) is 15.0 Å². The van der Waals surface area contributed by atoms with E-state index in [0.29, 0.717) is 40.4 Å². The number of fused-ring (bicyclic) bond motifs is 1. The predicted octanol–water partition coefficient (Wildman–Crippen LogP) is 4.71. The molecule has 4 rings (SSSR count). The quantitative estimate of drug-likeness (QED) is 0.445. The molecule has 1 fully saturated rings. The third kappa shape index (κ3) is 6.13. The van der Waals surface area contributed by atoms with Gasteiger partial charge in [0.2, 0.25) is 5.91 Å². The van der Waals surface area contributed by atoms with E-state index in [1.54, 1.807) is 13.2 Å². The molecule has 0 unspecified atom stereocenters. The molecule has 1 N–H and O–H groups in total. The van der Waals surface area contributed by atoms with E-state index in [9.17, 15) is 9.59 Å². The molecule has 1 aromatic heterocycles. The molecule has 0 saturated carbocycles. The van der Waals surface area contributed by atoms with Gasteiger partial charge in [0, 0.05) is 24.6 Å². The summed E-state index contributed by atoms with van der Waals surface area (Å²) in [4.78, 5) is 33.4. The molecule has 0 radical (unpaired) electrons. The Morgan fingerprint density at radius 1 is 1.11 bits per heavy atom. The van der Waals surface area contributed by atoms with Crippen molar-refractivity contribution in [3.63, 3.8) is 0 Å². The minimum Gasteiger partial charge on any atom is -0.497 e. The maximum absolute atomic E-state index is 14.0. The lowest BCUT2D eigenvalue weighted by Gasteiger charge is -2.27. The van der Waals surface area contributed by atoms with Crippen molar-refractivity contribution in [1.29, 1.82) is 0 Å². The van der Waals surface area contributed by atoms with E-state index in [1.807, 2.05) is 30.3 Å². The van der Waals surface area contributed by atoms with E-state index >= 15 is 0 Å². The van der Waals surface area contributed by atoms with Crippen molar-refractivity contribution < 1.29 is 14.3 Å². The maximum atomic E-state index is 14.0. The Morgan fingerprint density at radius 2 is 1.86 bits per heavy atom. The highest BCUT2D eigenvalue weighted by atomic mass is 16.5. The first-order valence-corrected chi connectivity index (χ1v) is 13.1. The van der Waals surface area contributed by atoms with E-state index in [2.05, 4.69) is 31.1 Å². The second-order valence-corrected chi connectivity index (χ2v) is 10.7. The number of hydrogen-bond acceptors (Lipinski definition) is 6. The van der Waals surface area contributed by atoms with Crippen LogP contribution < -0.4 is 20.5 Å². The molecule has 8 heteroatoms. The SMILES string of the molecule is COc1cccc(-c2nc3ccc(OCCCN4CCCCC4)c(C(C)(C)C)c3c(=O)n2NC(C)=O)c1. The second kappa shape index (κ2) is 11.3. The second-order valence-electron chi connectivity index (χ2n) is 10.7. The molecule has 0 spiro atoms. The van der Waals surface area contributed by atoms with Gasteiger partial charge in [-0.2, -0.15) is 4.68 Å². The number of amides is 1. The summed E-state index contributed by atoms with van der Waals surface area (Å²) in [5.74, 6) is 1.28. The molecule has 1 amide bonds. The fourth-order valence-electron chi connectivity index (χ4n) is 4.99. The number of carbonyl (C=O) groups is 1. The van der Waals surface area contributed by atoms with Crippen molar-refractivity contribution in [1.82, 2.24) is 14.6 Å². The zero-order valence-electron chi connectivity index (χ0n) is 22.6. The summed E-state index contributed by atoms with van der Waals surface area (Å²) in [5.41, 5.74) is 3.93. The van der Waals surface area contributed by atoms with Crippen LogP contribution in [0.25, 0.3) is 22.3 Å². The summed E-state index contributed by atoms with van der Waals surface area (Å²) in [5, 5.41) is 0.446. The number of piperidine rings is 1. The number of hydrogen-bond donors (Lipinski definition) is 1. The zero-order chi connectivity index (χ0) is 26.6. The van der Waals surface area contributed by atoms with Crippen LogP contribution in [0.5, 0.6) is 11.5 Å². The Morgan fingerprint density at radius 3 is 2.54 bits per heavy atom. The number of aromatic nitrogens is 2. The fraction of sp³-hybridized carbons (Fsp3) is 0.483. The third-order valence-corrected chi connectivity index (χ3v) is 6.67. The summed E-state index contributed by atoms with van der Waals surface area (Å²) in [6, 6.07) is 11.0. The third-order valence-electron chi connectivity index (χ3n) is 6.67. The van der Waals surface area contributed by atoms with Crippen LogP contribution in [-0.2, 0) is 10.2 Å². The first kappa shape index (κ1) is 26.7. The van der Waals surface area contributed by atoms with Gasteiger partial charge in [-0.15, -0.1) is 0 Å². The molecule has 2 heterocycles. The Bertz CT molecular complexity index is 1320. The van der Waals surface area contributed by atoms with Crippen molar-refractivity contribution in [2.24, 2.45) is 0 Å². The van der Waals surface area contributed by atoms with Gasteiger partial charge in [0.1, 0.15) is 11.5 Å². The molecule has 37 heavy (non-hydrogen) atoms. The Kier molecular flexibility index (Phi) is 8.17. The number of carbonyl (C=O) groups excluding carboxylic acids is 1. The van der Waals surface area contributed by atoms with Crippen LogP contribution in [0.3, 0.4) is 0 Å². The largest absolute Gasteiger partial charge is 0.497 e. The molecule has 0 bridgehead atoms. The van der Waals surface area contributed by atoms with Gasteiger partial charge >= 0.3 is 0 Å². The van der Waals surface area contributed by atoms with Crippen LogP contribution in [-0.4, -0.2) is 53.8 Å². The van der Waals surface area contributed by atoms with Crippen molar-refractivity contribution in [3.05, 3.63) is 52.3 Å². The molecule has 198 valence electrons. The topological polar surface area (TPSA) is 85.7 Å². The molecule has 1 aliphatic rings. The average molecular weight is 507 g/mol. The Balaban J connectivity index is 1.77. The highest BCUT2D eigenvalue weighted by Gasteiger charge is 2.27. The van der Waals surface area contributed by atoms with Gasteiger partial charge in [-0.25, -0.2) is 4.98 Å². The van der Waals surface area contributed by atoms with Gasteiger partial charge in [-0.05, 0) is 62.0 Å². The molecular weight excluding hydrogens is 468 g/mol. The molecule has 0 aliphatic carbocycles. The summed E-state index contributed by atoms with van der Waals surface area (Å²) in [7, 11) is 1.58. The van der Waals surface area contributed by atoms with E-state index in [4.69, 9.17) is 14.5 Å². The highest BCUT2D eigenvalue weighted by Crippen LogP contribution is 2.36. The number of rotatable bonds is 8. The van der Waals surface area contributed by atoms with Crippen LogP contribution in [0.15, 0.2) is 41.2 Å². The normalized spacial score (nSPS) is 14.5. The standard InChI is InChI=1S/C29H38N4O4/c1-20(34)31-33-27(21-11-9-12-22(19-21)36-5)30-23-13-14-24(26(29(2,3)4)25(23)28(33)35)37-18-10-17-32-15-7-6-8-16-32/h9,11-14,19H,6-8,10,15-18H2,1-5H3,(H,31,34). The predicted molar refractivity (Wildman–Crippen MR) is 147 cm³/mol. The Hall–Kier alpha value is -3.39. The van der Waals surface area contributed by atoms with Gasteiger partial charge < -0.3 is 14.4 Å². The van der Waals surface area contributed by atoms with E-state index in [-0.39, 0.29) is 11.5 Å². The summed E-state index contributed by atoms with van der Waals surface area (Å²) in [6.45, 7) is 11.4. The highest BCUT2D eigenvalue weighted by molar-refractivity contribution is 5.88. The molecule has 2 aromatic carbocycles. The first-order chi connectivity index (χ1) is 17.7. The lowest BCUT2D eigenvalue weighted by atomic mass is 9.84. The van der Waals surface area contributed by atoms with Crippen LogP contribution in [0, 0.1) is 0 Å². The smallest absolute Gasteiger partial charge is 0.281 e. The molecule has 1 aliphatic heterocycles.